The first-order valence-electron chi connectivity index (χ1n) is 7.61. The quantitative estimate of drug-likeness (QED) is 0.884. The van der Waals surface area contributed by atoms with Crippen LogP contribution in [0, 0.1) is 0 Å². The van der Waals surface area contributed by atoms with Crippen LogP contribution in [0.3, 0.4) is 0 Å². The van der Waals surface area contributed by atoms with Gasteiger partial charge in [-0.3, -0.25) is 0 Å². The predicted molar refractivity (Wildman–Crippen MR) is 75.2 cm³/mol. The number of piperidine rings is 1. The van der Waals surface area contributed by atoms with Crippen LogP contribution < -0.4 is 0 Å². The fourth-order valence-corrected chi connectivity index (χ4v) is 3.36. The lowest BCUT2D eigenvalue weighted by Gasteiger charge is -2.33. The standard InChI is InChI=1S/C15H25N3O/c1-11(2)17-7-5-12(6-8-17)14-10-18-9-13(19)3-4-15(18)16-14/h10-13,19H,3-9H2,1-2H3. The number of nitrogens with zero attached hydrogens (tertiary/aromatic N) is 3. The first-order chi connectivity index (χ1) is 9.13. The summed E-state index contributed by atoms with van der Waals surface area (Å²) in [7, 11) is 0. The Morgan fingerprint density at radius 2 is 2.00 bits per heavy atom. The zero-order valence-electron chi connectivity index (χ0n) is 12.0. The van der Waals surface area contributed by atoms with E-state index < -0.39 is 0 Å². The molecule has 0 saturated carbocycles. The highest BCUT2D eigenvalue weighted by Gasteiger charge is 2.26. The van der Waals surface area contributed by atoms with E-state index >= 15 is 0 Å². The molecule has 3 rings (SSSR count). The number of imidazole rings is 1. The lowest BCUT2D eigenvalue weighted by Crippen LogP contribution is -2.37. The summed E-state index contributed by atoms with van der Waals surface area (Å²) in [5.41, 5.74) is 1.26. The van der Waals surface area contributed by atoms with Crippen LogP contribution >= 0.6 is 0 Å². The number of fused-ring (bicyclic) bond motifs is 1. The molecule has 1 saturated heterocycles. The van der Waals surface area contributed by atoms with E-state index in [2.05, 4.69) is 29.5 Å². The number of aryl methyl sites for hydroxylation is 1. The van der Waals surface area contributed by atoms with E-state index in [1.54, 1.807) is 0 Å². The van der Waals surface area contributed by atoms with Gasteiger partial charge in [-0.1, -0.05) is 0 Å². The minimum absolute atomic E-state index is 0.183. The van der Waals surface area contributed by atoms with Crippen molar-refractivity contribution in [1.29, 1.82) is 0 Å². The fourth-order valence-electron chi connectivity index (χ4n) is 3.36. The molecule has 1 atom stereocenters. The summed E-state index contributed by atoms with van der Waals surface area (Å²) >= 11 is 0. The third-order valence-electron chi connectivity index (χ3n) is 4.66. The van der Waals surface area contributed by atoms with Crippen LogP contribution in [0.2, 0.25) is 0 Å². The minimum atomic E-state index is -0.183. The van der Waals surface area contributed by atoms with Gasteiger partial charge in [0, 0.05) is 31.1 Å². The number of rotatable bonds is 2. The Kier molecular flexibility index (Phi) is 3.63. The van der Waals surface area contributed by atoms with Gasteiger partial charge in [-0.15, -0.1) is 0 Å². The van der Waals surface area contributed by atoms with Crippen LogP contribution in [0.1, 0.15) is 50.5 Å². The van der Waals surface area contributed by atoms with Crippen molar-refractivity contribution in [1.82, 2.24) is 14.5 Å². The van der Waals surface area contributed by atoms with Gasteiger partial charge >= 0.3 is 0 Å². The van der Waals surface area contributed by atoms with E-state index in [0.29, 0.717) is 12.0 Å². The van der Waals surface area contributed by atoms with E-state index in [1.807, 2.05) is 0 Å². The fraction of sp³-hybridized carbons (Fsp3) is 0.800. The minimum Gasteiger partial charge on any atom is -0.391 e. The Morgan fingerprint density at radius 1 is 1.26 bits per heavy atom. The van der Waals surface area contributed by atoms with Crippen molar-refractivity contribution in [3.8, 4) is 0 Å². The van der Waals surface area contributed by atoms with Gasteiger partial charge in [0.25, 0.3) is 0 Å². The van der Waals surface area contributed by atoms with Crippen LogP contribution in [0.4, 0.5) is 0 Å². The highest BCUT2D eigenvalue weighted by molar-refractivity contribution is 5.12. The average molecular weight is 263 g/mol. The molecule has 1 aromatic heterocycles. The maximum Gasteiger partial charge on any atom is 0.109 e. The summed E-state index contributed by atoms with van der Waals surface area (Å²) in [6, 6.07) is 0.659. The molecule has 4 nitrogen and oxygen atoms in total. The SMILES string of the molecule is CC(C)N1CCC(c2cn3c(n2)CCC(O)C3)CC1. The maximum atomic E-state index is 9.72. The predicted octanol–water partition coefficient (Wildman–Crippen LogP) is 1.78. The monoisotopic (exact) mass is 263 g/mol. The van der Waals surface area contributed by atoms with Crippen LogP contribution in [-0.2, 0) is 13.0 Å². The Balaban J connectivity index is 1.67. The lowest BCUT2D eigenvalue weighted by molar-refractivity contribution is 0.130. The van der Waals surface area contributed by atoms with Gasteiger partial charge in [0.05, 0.1) is 11.8 Å². The molecule has 1 fully saturated rings. The molecule has 0 aromatic carbocycles. The van der Waals surface area contributed by atoms with Gasteiger partial charge in [0.15, 0.2) is 0 Å². The summed E-state index contributed by atoms with van der Waals surface area (Å²) in [6.07, 6.45) is 6.23. The number of aliphatic hydroxyl groups is 1. The average Bonchev–Trinajstić information content (AvgIpc) is 2.81. The van der Waals surface area contributed by atoms with Gasteiger partial charge in [0.1, 0.15) is 5.82 Å². The Morgan fingerprint density at radius 3 is 2.68 bits per heavy atom. The van der Waals surface area contributed by atoms with Crippen molar-refractivity contribution >= 4 is 0 Å². The van der Waals surface area contributed by atoms with Crippen molar-refractivity contribution in [2.75, 3.05) is 13.1 Å². The molecule has 0 amide bonds. The number of hydrogen-bond donors (Lipinski definition) is 1. The van der Waals surface area contributed by atoms with Gasteiger partial charge < -0.3 is 14.6 Å². The molecule has 3 heterocycles. The molecule has 2 aliphatic rings. The molecule has 1 N–H and O–H groups in total. The topological polar surface area (TPSA) is 41.3 Å². The first-order valence-corrected chi connectivity index (χ1v) is 7.61. The molecule has 2 aliphatic heterocycles. The van der Waals surface area contributed by atoms with Crippen LogP contribution in [-0.4, -0.2) is 44.8 Å². The summed E-state index contributed by atoms with van der Waals surface area (Å²) in [5, 5.41) is 9.72. The molecule has 19 heavy (non-hydrogen) atoms. The highest BCUT2D eigenvalue weighted by atomic mass is 16.3. The lowest BCUT2D eigenvalue weighted by atomic mass is 9.93. The van der Waals surface area contributed by atoms with Crippen LogP contribution in [0.25, 0.3) is 0 Å². The zero-order valence-corrected chi connectivity index (χ0v) is 12.0. The largest absolute Gasteiger partial charge is 0.391 e. The van der Waals surface area contributed by atoms with E-state index in [4.69, 9.17) is 4.98 Å². The summed E-state index contributed by atoms with van der Waals surface area (Å²) in [5.74, 6) is 1.79. The van der Waals surface area contributed by atoms with E-state index in [0.717, 1.165) is 19.4 Å². The molecule has 1 aromatic rings. The van der Waals surface area contributed by atoms with Crippen LogP contribution in [0.15, 0.2) is 6.20 Å². The van der Waals surface area contributed by atoms with Crippen molar-refractivity contribution in [2.45, 2.75) is 64.1 Å². The molecular weight excluding hydrogens is 238 g/mol. The van der Waals surface area contributed by atoms with Gasteiger partial charge in [-0.05, 0) is 46.2 Å². The molecule has 106 valence electrons. The third kappa shape index (κ3) is 2.70. The molecule has 0 radical (unpaired) electrons. The molecule has 1 unspecified atom stereocenters. The molecule has 0 bridgehead atoms. The second-order valence-corrected chi connectivity index (χ2v) is 6.33. The number of aliphatic hydroxyl groups excluding tert-OH is 1. The summed E-state index contributed by atoms with van der Waals surface area (Å²) in [4.78, 5) is 7.36. The third-order valence-corrected chi connectivity index (χ3v) is 4.66. The Hall–Kier alpha value is -0.870. The van der Waals surface area contributed by atoms with Crippen molar-refractivity contribution in [3.05, 3.63) is 17.7 Å². The Labute approximate surface area is 115 Å². The smallest absolute Gasteiger partial charge is 0.109 e. The number of aromatic nitrogens is 2. The number of likely N-dealkylation sites (tertiary alicyclic amines) is 1. The molecule has 0 spiro atoms. The molecule has 0 aliphatic carbocycles. The zero-order chi connectivity index (χ0) is 13.4. The molecular formula is C15H25N3O. The van der Waals surface area contributed by atoms with Crippen molar-refractivity contribution in [3.63, 3.8) is 0 Å². The van der Waals surface area contributed by atoms with Gasteiger partial charge in [-0.2, -0.15) is 0 Å². The second-order valence-electron chi connectivity index (χ2n) is 6.33. The Bertz CT molecular complexity index is 433. The van der Waals surface area contributed by atoms with E-state index in [1.165, 1.54) is 37.4 Å². The normalized spacial score (nSPS) is 25.8. The highest BCUT2D eigenvalue weighted by Crippen LogP contribution is 2.29. The summed E-state index contributed by atoms with van der Waals surface area (Å²) in [6.45, 7) is 7.65. The maximum absolute atomic E-state index is 9.72. The van der Waals surface area contributed by atoms with Crippen LogP contribution in [0.5, 0.6) is 0 Å². The second kappa shape index (κ2) is 5.25. The first kappa shape index (κ1) is 13.1. The van der Waals surface area contributed by atoms with E-state index in [-0.39, 0.29) is 6.10 Å². The van der Waals surface area contributed by atoms with Crippen molar-refractivity contribution < 1.29 is 5.11 Å². The van der Waals surface area contributed by atoms with Gasteiger partial charge in [0.2, 0.25) is 0 Å². The summed E-state index contributed by atoms with van der Waals surface area (Å²) < 4.78 is 2.16. The number of hydrogen-bond acceptors (Lipinski definition) is 3. The van der Waals surface area contributed by atoms with Gasteiger partial charge in [-0.25, -0.2) is 4.98 Å². The molecule has 4 heteroatoms. The van der Waals surface area contributed by atoms with E-state index in [9.17, 15) is 5.11 Å². The van der Waals surface area contributed by atoms with Crippen molar-refractivity contribution in [2.24, 2.45) is 0 Å².